The number of hydrogen-bond acceptors (Lipinski definition) is 4. The topological polar surface area (TPSA) is 84.9 Å². The van der Waals surface area contributed by atoms with Crippen LogP contribution < -0.4 is 5.32 Å². The summed E-state index contributed by atoms with van der Waals surface area (Å²) in [6, 6.07) is 6.85. The molecule has 1 aromatic carbocycles. The van der Waals surface area contributed by atoms with Crippen molar-refractivity contribution in [3.63, 3.8) is 0 Å². The van der Waals surface area contributed by atoms with Crippen molar-refractivity contribution in [2.24, 2.45) is 0 Å². The second-order valence-electron chi connectivity index (χ2n) is 3.89. The summed E-state index contributed by atoms with van der Waals surface area (Å²) in [6.45, 7) is 0.729. The van der Waals surface area contributed by atoms with E-state index in [9.17, 15) is 9.59 Å². The molecule has 6 heteroatoms. The van der Waals surface area contributed by atoms with Gasteiger partial charge in [-0.2, -0.15) is 0 Å². The van der Waals surface area contributed by atoms with Crippen LogP contribution in [0.25, 0.3) is 6.08 Å². The van der Waals surface area contributed by atoms with Crippen molar-refractivity contribution in [2.45, 2.75) is 0 Å². The number of carboxylic acids is 1. The number of rotatable bonds is 8. The largest absolute Gasteiger partial charge is 0.478 e. The third-order valence-electron chi connectivity index (χ3n) is 2.25. The van der Waals surface area contributed by atoms with E-state index in [1.54, 1.807) is 31.4 Å². The van der Waals surface area contributed by atoms with Gasteiger partial charge in [-0.05, 0) is 23.8 Å². The minimum atomic E-state index is -1.02. The number of benzene rings is 1. The Bertz CT molecular complexity index is 484. The highest BCUT2D eigenvalue weighted by Gasteiger charge is 2.02. The van der Waals surface area contributed by atoms with Gasteiger partial charge in [-0.3, -0.25) is 4.79 Å². The molecule has 108 valence electrons. The van der Waals surface area contributed by atoms with Crippen LogP contribution in [0, 0.1) is 0 Å². The van der Waals surface area contributed by atoms with Gasteiger partial charge in [0.25, 0.3) is 0 Å². The Kier molecular flexibility index (Phi) is 7.02. The highest BCUT2D eigenvalue weighted by Crippen LogP contribution is 2.11. The van der Waals surface area contributed by atoms with Gasteiger partial charge in [0.15, 0.2) is 0 Å². The summed E-state index contributed by atoms with van der Waals surface area (Å²) in [5.41, 5.74) is 1.27. The number of methoxy groups -OCH3 is 1. The van der Waals surface area contributed by atoms with Crippen molar-refractivity contribution in [1.29, 1.82) is 0 Å². The zero-order chi connectivity index (χ0) is 14.8. The Morgan fingerprint density at radius 1 is 1.35 bits per heavy atom. The molecule has 0 unspecified atom stereocenters. The summed E-state index contributed by atoms with van der Waals surface area (Å²) in [5, 5.41) is 11.2. The molecule has 0 aliphatic rings. The van der Waals surface area contributed by atoms with Crippen LogP contribution in [0.3, 0.4) is 0 Å². The number of nitrogens with one attached hydrogen (secondary N) is 1. The maximum absolute atomic E-state index is 11.6. The first-order valence-corrected chi connectivity index (χ1v) is 5.99. The van der Waals surface area contributed by atoms with Gasteiger partial charge in [0.05, 0.1) is 13.2 Å². The lowest BCUT2D eigenvalue weighted by atomic mass is 10.2. The Balaban J connectivity index is 2.49. The van der Waals surface area contributed by atoms with Crippen molar-refractivity contribution >= 4 is 23.6 Å². The summed E-state index contributed by atoms with van der Waals surface area (Å²) in [6.07, 6.45) is 2.49. The van der Waals surface area contributed by atoms with Crippen LogP contribution in [0.15, 0.2) is 30.3 Å². The van der Waals surface area contributed by atoms with E-state index in [2.05, 4.69) is 5.32 Å². The average Bonchev–Trinajstić information content (AvgIpc) is 2.42. The molecule has 0 radical (unpaired) electrons. The minimum Gasteiger partial charge on any atom is -0.478 e. The maximum Gasteiger partial charge on any atom is 0.328 e. The van der Waals surface area contributed by atoms with E-state index in [1.165, 1.54) is 6.08 Å². The minimum absolute atomic E-state index is 0.0570. The van der Waals surface area contributed by atoms with E-state index < -0.39 is 5.97 Å². The lowest BCUT2D eigenvalue weighted by Crippen LogP contribution is -2.19. The second kappa shape index (κ2) is 8.84. The van der Waals surface area contributed by atoms with Gasteiger partial charge < -0.3 is 19.9 Å². The fraction of sp³-hybridized carbons (Fsp3) is 0.286. The zero-order valence-corrected chi connectivity index (χ0v) is 11.2. The molecule has 0 saturated carbocycles. The molecule has 0 fully saturated rings. The van der Waals surface area contributed by atoms with Gasteiger partial charge in [0.1, 0.15) is 6.61 Å². The van der Waals surface area contributed by atoms with Crippen LogP contribution in [-0.2, 0) is 19.1 Å². The fourth-order valence-electron chi connectivity index (χ4n) is 1.39. The third kappa shape index (κ3) is 6.67. The number of anilines is 1. The van der Waals surface area contributed by atoms with Crippen molar-refractivity contribution in [2.75, 3.05) is 32.2 Å². The number of carboxylic acid groups (broad SMARTS) is 1. The molecule has 0 aromatic heterocycles. The summed E-state index contributed by atoms with van der Waals surface area (Å²) in [5.74, 6) is -1.30. The molecule has 1 aromatic rings. The molecule has 1 amide bonds. The normalized spacial score (nSPS) is 10.7. The molecule has 0 heterocycles. The number of amides is 1. The Morgan fingerprint density at radius 3 is 2.85 bits per heavy atom. The molecular weight excluding hydrogens is 262 g/mol. The summed E-state index contributed by atoms with van der Waals surface area (Å²) >= 11 is 0. The SMILES string of the molecule is COCCOCC(=O)Nc1cccc(/C=C/C(=O)O)c1. The van der Waals surface area contributed by atoms with Crippen molar-refractivity contribution < 1.29 is 24.2 Å². The quantitative estimate of drug-likeness (QED) is 0.555. The van der Waals surface area contributed by atoms with E-state index >= 15 is 0 Å². The predicted octanol–water partition coefficient (Wildman–Crippen LogP) is 1.39. The van der Waals surface area contributed by atoms with Crippen LogP contribution in [0.4, 0.5) is 5.69 Å². The molecule has 0 atom stereocenters. The van der Waals surface area contributed by atoms with Crippen LogP contribution in [0.5, 0.6) is 0 Å². The molecule has 20 heavy (non-hydrogen) atoms. The van der Waals surface area contributed by atoms with E-state index in [0.29, 0.717) is 24.5 Å². The lowest BCUT2D eigenvalue weighted by Gasteiger charge is -2.06. The van der Waals surface area contributed by atoms with Crippen LogP contribution in [-0.4, -0.2) is 43.9 Å². The van der Waals surface area contributed by atoms with Gasteiger partial charge in [0.2, 0.25) is 5.91 Å². The van der Waals surface area contributed by atoms with Gasteiger partial charge in [-0.15, -0.1) is 0 Å². The van der Waals surface area contributed by atoms with Crippen molar-refractivity contribution in [1.82, 2.24) is 0 Å². The van der Waals surface area contributed by atoms with Crippen LogP contribution in [0.1, 0.15) is 5.56 Å². The molecule has 0 aliphatic carbocycles. The first-order valence-electron chi connectivity index (χ1n) is 5.99. The van der Waals surface area contributed by atoms with Gasteiger partial charge in [0, 0.05) is 18.9 Å². The number of carbonyl (C=O) groups is 2. The van der Waals surface area contributed by atoms with Crippen LogP contribution >= 0.6 is 0 Å². The van der Waals surface area contributed by atoms with Crippen molar-refractivity contribution in [3.8, 4) is 0 Å². The number of carbonyl (C=O) groups excluding carboxylic acids is 1. The highest BCUT2D eigenvalue weighted by molar-refractivity contribution is 5.92. The van der Waals surface area contributed by atoms with E-state index in [-0.39, 0.29) is 12.5 Å². The maximum atomic E-state index is 11.6. The smallest absolute Gasteiger partial charge is 0.328 e. The number of ether oxygens (including phenoxy) is 2. The molecule has 6 nitrogen and oxygen atoms in total. The molecule has 0 saturated heterocycles. The van der Waals surface area contributed by atoms with E-state index in [1.807, 2.05) is 0 Å². The summed E-state index contributed by atoms with van der Waals surface area (Å²) in [7, 11) is 1.56. The van der Waals surface area contributed by atoms with Gasteiger partial charge >= 0.3 is 5.97 Å². The van der Waals surface area contributed by atoms with Crippen molar-refractivity contribution in [3.05, 3.63) is 35.9 Å². The molecule has 0 aliphatic heterocycles. The lowest BCUT2D eigenvalue weighted by molar-refractivity contribution is -0.131. The Hall–Kier alpha value is -2.18. The molecular formula is C14H17NO5. The van der Waals surface area contributed by atoms with Gasteiger partial charge in [-0.25, -0.2) is 4.79 Å². The highest BCUT2D eigenvalue weighted by atomic mass is 16.5. The number of hydrogen-bond donors (Lipinski definition) is 2. The average molecular weight is 279 g/mol. The number of aliphatic carboxylic acids is 1. The standard InChI is InChI=1S/C14H17NO5/c1-19-7-8-20-10-13(16)15-12-4-2-3-11(9-12)5-6-14(17)18/h2-6,9H,7-8,10H2,1H3,(H,15,16)(H,17,18)/b6-5+. The fourth-order valence-corrected chi connectivity index (χ4v) is 1.39. The summed E-state index contributed by atoms with van der Waals surface area (Å²) in [4.78, 5) is 22.0. The second-order valence-corrected chi connectivity index (χ2v) is 3.89. The monoisotopic (exact) mass is 279 g/mol. The third-order valence-corrected chi connectivity index (χ3v) is 2.25. The molecule has 2 N–H and O–H groups in total. The molecule has 0 bridgehead atoms. The first kappa shape index (κ1) is 15.9. The Labute approximate surface area is 117 Å². The Morgan fingerprint density at radius 2 is 2.15 bits per heavy atom. The van der Waals surface area contributed by atoms with E-state index in [0.717, 1.165) is 6.08 Å². The summed E-state index contributed by atoms with van der Waals surface area (Å²) < 4.78 is 9.88. The molecule has 1 rings (SSSR count). The predicted molar refractivity (Wildman–Crippen MR) is 74.4 cm³/mol. The van der Waals surface area contributed by atoms with Crippen LogP contribution in [0.2, 0.25) is 0 Å². The van der Waals surface area contributed by atoms with E-state index in [4.69, 9.17) is 14.6 Å². The first-order chi connectivity index (χ1) is 9.61. The molecule has 0 spiro atoms. The van der Waals surface area contributed by atoms with Gasteiger partial charge in [-0.1, -0.05) is 12.1 Å². The zero-order valence-electron chi connectivity index (χ0n) is 11.2.